The molecule has 1 saturated carbocycles. The fourth-order valence-electron chi connectivity index (χ4n) is 5.05. The van der Waals surface area contributed by atoms with Crippen LogP contribution in [0.5, 0.6) is 11.5 Å². The zero-order chi connectivity index (χ0) is 27.1. The molecule has 0 aromatic heterocycles. The minimum absolute atomic E-state index is 0.132. The number of hydrogen-bond donors (Lipinski definition) is 0. The lowest BCUT2D eigenvalue weighted by Crippen LogP contribution is -2.25. The smallest absolute Gasteiger partial charge is 0.314 e. The highest BCUT2D eigenvalue weighted by Crippen LogP contribution is 2.39. The molecule has 3 aromatic carbocycles. The summed E-state index contributed by atoms with van der Waals surface area (Å²) in [6.45, 7) is 4.51. The van der Waals surface area contributed by atoms with Crippen LogP contribution in [0.15, 0.2) is 54.6 Å². The summed E-state index contributed by atoms with van der Waals surface area (Å²) in [5, 5.41) is 0. The summed E-state index contributed by atoms with van der Waals surface area (Å²) in [6, 6.07) is 14.8. The molecule has 0 aliphatic heterocycles. The number of aryl methyl sites for hydroxylation is 1. The first-order valence-corrected chi connectivity index (χ1v) is 13.6. The van der Waals surface area contributed by atoms with Crippen LogP contribution < -0.4 is 9.47 Å². The van der Waals surface area contributed by atoms with E-state index >= 15 is 4.39 Å². The van der Waals surface area contributed by atoms with Gasteiger partial charge in [-0.25, -0.2) is 13.2 Å². The Hall–Kier alpha value is -3.28. The van der Waals surface area contributed by atoms with E-state index in [0.717, 1.165) is 31.2 Å². The summed E-state index contributed by atoms with van der Waals surface area (Å²) in [4.78, 5) is 12.7. The van der Waals surface area contributed by atoms with Gasteiger partial charge in [-0.3, -0.25) is 4.79 Å². The molecule has 38 heavy (non-hydrogen) atoms. The second-order valence-electron chi connectivity index (χ2n) is 10.2. The Morgan fingerprint density at radius 3 is 2.29 bits per heavy atom. The van der Waals surface area contributed by atoms with Gasteiger partial charge in [-0.15, -0.1) is 0 Å². The number of unbranched alkanes of at least 4 members (excludes halogenated alkanes) is 3. The van der Waals surface area contributed by atoms with Gasteiger partial charge in [-0.05, 0) is 68.2 Å². The van der Waals surface area contributed by atoms with Crippen molar-refractivity contribution in [3.05, 3.63) is 83.2 Å². The van der Waals surface area contributed by atoms with E-state index in [4.69, 9.17) is 9.47 Å². The van der Waals surface area contributed by atoms with Gasteiger partial charge in [0, 0.05) is 11.6 Å². The molecule has 3 aromatic rings. The van der Waals surface area contributed by atoms with Crippen LogP contribution in [-0.4, -0.2) is 12.6 Å². The predicted molar refractivity (Wildman–Crippen MR) is 143 cm³/mol. The van der Waals surface area contributed by atoms with Gasteiger partial charge >= 0.3 is 5.97 Å². The van der Waals surface area contributed by atoms with Crippen molar-refractivity contribution < 1.29 is 27.4 Å². The lowest BCUT2D eigenvalue weighted by molar-refractivity contribution is -0.140. The number of ether oxygens (including phenoxy) is 2. The lowest BCUT2D eigenvalue weighted by atomic mass is 9.78. The van der Waals surface area contributed by atoms with Gasteiger partial charge < -0.3 is 9.47 Å². The third kappa shape index (κ3) is 6.77. The van der Waals surface area contributed by atoms with Crippen LogP contribution >= 0.6 is 0 Å². The Balaban J connectivity index is 1.31. The van der Waals surface area contributed by atoms with E-state index < -0.39 is 23.4 Å². The molecule has 0 saturated heterocycles. The maximum atomic E-state index is 15.0. The van der Waals surface area contributed by atoms with E-state index in [2.05, 4.69) is 6.92 Å². The standard InChI is InChI=1S/C32H35F3O3/c1-3-4-5-6-19-37-29-18-15-25(20-28(29)33)38-32(36)24-13-11-23(12-14-24)27-17-16-26(30(34)31(27)35)22-9-7-21(2)8-10-22/h7-10,15-18,20,23-24H,3-6,11-14,19H2,1-2H3. The van der Waals surface area contributed by atoms with Gasteiger partial charge in [0.2, 0.25) is 0 Å². The van der Waals surface area contributed by atoms with Gasteiger partial charge in [-0.2, -0.15) is 0 Å². The molecule has 1 aliphatic rings. The average molecular weight is 525 g/mol. The van der Waals surface area contributed by atoms with Gasteiger partial charge in [0.1, 0.15) is 5.75 Å². The first-order valence-electron chi connectivity index (χ1n) is 13.6. The van der Waals surface area contributed by atoms with Gasteiger partial charge in [-0.1, -0.05) is 68.1 Å². The zero-order valence-electron chi connectivity index (χ0n) is 22.1. The number of carbonyl (C=O) groups excluding carboxylic acids is 1. The van der Waals surface area contributed by atoms with Crippen molar-refractivity contribution in [2.24, 2.45) is 5.92 Å². The molecule has 1 fully saturated rings. The number of esters is 1. The SMILES string of the molecule is CCCCCCOc1ccc(OC(=O)C2CCC(c3ccc(-c4ccc(C)cc4)c(F)c3F)CC2)cc1F. The van der Waals surface area contributed by atoms with Crippen LogP contribution in [0.1, 0.15) is 75.3 Å². The fraction of sp³-hybridized carbons (Fsp3) is 0.406. The first kappa shape index (κ1) is 27.7. The minimum atomic E-state index is -0.844. The molecule has 0 spiro atoms. The summed E-state index contributed by atoms with van der Waals surface area (Å²) in [5.41, 5.74) is 2.26. The van der Waals surface area contributed by atoms with Crippen molar-refractivity contribution in [2.45, 2.75) is 71.1 Å². The summed E-state index contributed by atoms with van der Waals surface area (Å²) in [7, 11) is 0. The maximum absolute atomic E-state index is 15.0. The zero-order valence-corrected chi connectivity index (χ0v) is 22.1. The highest BCUT2D eigenvalue weighted by molar-refractivity contribution is 5.75. The molecule has 0 heterocycles. The molecule has 202 valence electrons. The second-order valence-corrected chi connectivity index (χ2v) is 10.2. The highest BCUT2D eigenvalue weighted by atomic mass is 19.2. The highest BCUT2D eigenvalue weighted by Gasteiger charge is 2.31. The molecule has 0 N–H and O–H groups in total. The summed E-state index contributed by atoms with van der Waals surface area (Å²) >= 11 is 0. The average Bonchev–Trinajstić information content (AvgIpc) is 2.92. The number of hydrogen-bond acceptors (Lipinski definition) is 3. The quantitative estimate of drug-likeness (QED) is 0.151. The van der Waals surface area contributed by atoms with E-state index in [9.17, 15) is 13.6 Å². The molecule has 0 unspecified atom stereocenters. The Morgan fingerprint density at radius 1 is 0.868 bits per heavy atom. The molecule has 0 radical (unpaired) electrons. The molecular weight excluding hydrogens is 489 g/mol. The Bertz CT molecular complexity index is 1230. The predicted octanol–water partition coefficient (Wildman–Crippen LogP) is 8.92. The van der Waals surface area contributed by atoms with E-state index in [1.165, 1.54) is 18.2 Å². The third-order valence-corrected chi connectivity index (χ3v) is 7.35. The van der Waals surface area contributed by atoms with Crippen LogP contribution in [-0.2, 0) is 4.79 Å². The topological polar surface area (TPSA) is 35.5 Å². The first-order chi connectivity index (χ1) is 18.4. The summed E-state index contributed by atoms with van der Waals surface area (Å²) in [6.07, 6.45) is 6.20. The molecule has 0 atom stereocenters. The van der Waals surface area contributed by atoms with Crippen LogP contribution in [0.25, 0.3) is 11.1 Å². The molecule has 0 bridgehead atoms. The maximum Gasteiger partial charge on any atom is 0.314 e. The largest absolute Gasteiger partial charge is 0.491 e. The molecule has 0 amide bonds. The molecule has 1 aliphatic carbocycles. The fourth-order valence-corrected chi connectivity index (χ4v) is 5.05. The minimum Gasteiger partial charge on any atom is -0.491 e. The van der Waals surface area contributed by atoms with E-state index in [1.807, 2.05) is 19.1 Å². The second kappa shape index (κ2) is 13.0. The van der Waals surface area contributed by atoms with Crippen molar-refractivity contribution in [1.82, 2.24) is 0 Å². The van der Waals surface area contributed by atoms with Crippen LogP contribution in [0, 0.1) is 30.3 Å². The van der Waals surface area contributed by atoms with Crippen LogP contribution in [0.4, 0.5) is 13.2 Å². The third-order valence-electron chi connectivity index (χ3n) is 7.35. The Kier molecular flexibility index (Phi) is 9.48. The van der Waals surface area contributed by atoms with Crippen molar-refractivity contribution in [2.75, 3.05) is 6.61 Å². The number of rotatable bonds is 10. The Labute approximate surface area is 223 Å². The van der Waals surface area contributed by atoms with Gasteiger partial charge in [0.25, 0.3) is 0 Å². The molecule has 4 rings (SSSR count). The summed E-state index contributed by atoms with van der Waals surface area (Å²) in [5.74, 6) is -2.94. The molecular formula is C32H35F3O3. The van der Waals surface area contributed by atoms with E-state index in [0.29, 0.717) is 43.4 Å². The van der Waals surface area contributed by atoms with Gasteiger partial charge in [0.05, 0.1) is 12.5 Å². The Morgan fingerprint density at radius 2 is 1.61 bits per heavy atom. The van der Waals surface area contributed by atoms with Crippen LogP contribution in [0.3, 0.4) is 0 Å². The molecule has 6 heteroatoms. The lowest BCUT2D eigenvalue weighted by Gasteiger charge is -2.28. The van der Waals surface area contributed by atoms with Crippen molar-refractivity contribution in [3.8, 4) is 22.6 Å². The molecule has 3 nitrogen and oxygen atoms in total. The van der Waals surface area contributed by atoms with Crippen molar-refractivity contribution >= 4 is 5.97 Å². The number of halogens is 3. The van der Waals surface area contributed by atoms with Crippen molar-refractivity contribution in [3.63, 3.8) is 0 Å². The van der Waals surface area contributed by atoms with Crippen LogP contribution in [0.2, 0.25) is 0 Å². The normalized spacial score (nSPS) is 17.3. The van der Waals surface area contributed by atoms with Crippen molar-refractivity contribution in [1.29, 1.82) is 0 Å². The monoisotopic (exact) mass is 524 g/mol. The van der Waals surface area contributed by atoms with E-state index in [-0.39, 0.29) is 28.9 Å². The van der Waals surface area contributed by atoms with E-state index in [1.54, 1.807) is 24.3 Å². The number of carbonyl (C=O) groups is 1. The number of benzene rings is 3. The van der Waals surface area contributed by atoms with Gasteiger partial charge in [0.15, 0.2) is 23.2 Å². The summed E-state index contributed by atoms with van der Waals surface area (Å²) < 4.78 is 55.3.